The molecule has 102 valence electrons. The number of nitrogens with zero attached hydrogens (tertiary/aromatic N) is 1. The number of carbonyl (C=O) groups excluding carboxylic acids is 1. The molecule has 0 spiro atoms. The van der Waals surface area contributed by atoms with Crippen LogP contribution in [0, 0.1) is 15.9 Å². The fraction of sp³-hybridized carbons (Fsp3) is 0.273. The second-order valence-corrected chi connectivity index (χ2v) is 3.89. The summed E-state index contributed by atoms with van der Waals surface area (Å²) in [5.41, 5.74) is -0.838. The van der Waals surface area contributed by atoms with Crippen molar-refractivity contribution in [3.8, 4) is 0 Å². The number of benzene rings is 1. The molecule has 0 aromatic heterocycles. The normalized spacial score (nSPS) is 11.7. The van der Waals surface area contributed by atoms with Gasteiger partial charge < -0.3 is 10.4 Å². The van der Waals surface area contributed by atoms with E-state index in [0.29, 0.717) is 6.07 Å². The van der Waals surface area contributed by atoms with Gasteiger partial charge >= 0.3 is 5.97 Å². The number of carbonyl (C=O) groups is 2. The number of rotatable bonds is 5. The Labute approximate surface area is 107 Å². The van der Waals surface area contributed by atoms with Crippen molar-refractivity contribution < 1.29 is 24.0 Å². The quantitative estimate of drug-likeness (QED) is 0.619. The van der Waals surface area contributed by atoms with Crippen LogP contribution in [0.1, 0.15) is 23.7 Å². The van der Waals surface area contributed by atoms with E-state index in [2.05, 4.69) is 5.32 Å². The molecule has 8 heteroatoms. The van der Waals surface area contributed by atoms with Gasteiger partial charge in [-0.2, -0.15) is 0 Å². The minimum atomic E-state index is -1.10. The van der Waals surface area contributed by atoms with E-state index in [1.807, 2.05) is 0 Å². The third kappa shape index (κ3) is 4.02. The number of nitro benzene ring substituents is 1. The molecule has 0 aliphatic rings. The molecular formula is C11H11FN2O5. The maximum atomic E-state index is 13.5. The molecule has 0 fully saturated rings. The zero-order valence-corrected chi connectivity index (χ0v) is 9.92. The molecule has 1 unspecified atom stereocenters. The van der Waals surface area contributed by atoms with Gasteiger partial charge in [-0.3, -0.25) is 19.7 Å². The molecule has 0 saturated heterocycles. The van der Waals surface area contributed by atoms with Crippen molar-refractivity contribution in [3.63, 3.8) is 0 Å². The molecule has 1 amide bonds. The Balaban J connectivity index is 2.83. The van der Waals surface area contributed by atoms with E-state index in [9.17, 15) is 24.1 Å². The Hall–Kier alpha value is -2.51. The Bertz CT molecular complexity index is 532. The average molecular weight is 270 g/mol. The summed E-state index contributed by atoms with van der Waals surface area (Å²) in [5, 5.41) is 21.2. The summed E-state index contributed by atoms with van der Waals surface area (Å²) in [6.45, 7) is 1.45. The lowest BCUT2D eigenvalue weighted by Gasteiger charge is -2.11. The molecule has 1 aromatic rings. The molecule has 2 N–H and O–H groups in total. The summed E-state index contributed by atoms with van der Waals surface area (Å²) in [4.78, 5) is 31.7. The van der Waals surface area contributed by atoms with Crippen LogP contribution in [-0.2, 0) is 4.79 Å². The van der Waals surface area contributed by atoms with Gasteiger partial charge in [-0.15, -0.1) is 0 Å². The van der Waals surface area contributed by atoms with E-state index in [4.69, 9.17) is 5.11 Å². The lowest BCUT2D eigenvalue weighted by atomic mass is 10.1. The molecule has 1 atom stereocenters. The molecular weight excluding hydrogens is 259 g/mol. The minimum Gasteiger partial charge on any atom is -0.481 e. The fourth-order valence-electron chi connectivity index (χ4n) is 1.42. The van der Waals surface area contributed by atoms with Crippen molar-refractivity contribution in [1.82, 2.24) is 5.32 Å². The first-order valence-corrected chi connectivity index (χ1v) is 5.28. The predicted octanol–water partition coefficient (Wildman–Crippen LogP) is 1.33. The Morgan fingerprint density at radius 1 is 1.53 bits per heavy atom. The highest BCUT2D eigenvalue weighted by Gasteiger charge is 2.18. The van der Waals surface area contributed by atoms with Crippen LogP contribution >= 0.6 is 0 Å². The predicted molar refractivity (Wildman–Crippen MR) is 62.2 cm³/mol. The molecule has 0 aliphatic heterocycles. The molecule has 0 bridgehead atoms. The number of nitro groups is 1. The van der Waals surface area contributed by atoms with Crippen LogP contribution in [-0.4, -0.2) is 27.9 Å². The number of aliphatic carboxylic acids is 1. The molecule has 7 nitrogen and oxygen atoms in total. The summed E-state index contributed by atoms with van der Waals surface area (Å²) in [6.07, 6.45) is -0.305. The first-order chi connectivity index (χ1) is 8.81. The zero-order chi connectivity index (χ0) is 14.6. The standard InChI is InChI=1S/C11H11FN2O5/c1-6(4-10(15)16)13-11(17)8-3-2-7(14(18)19)5-9(8)12/h2-3,5-6H,4H2,1H3,(H,13,17)(H,15,16). The Morgan fingerprint density at radius 2 is 2.16 bits per heavy atom. The van der Waals surface area contributed by atoms with Gasteiger partial charge in [-0.05, 0) is 13.0 Å². The first-order valence-electron chi connectivity index (χ1n) is 5.28. The van der Waals surface area contributed by atoms with Gasteiger partial charge in [0.1, 0.15) is 5.82 Å². The van der Waals surface area contributed by atoms with Crippen LogP contribution in [0.5, 0.6) is 0 Å². The van der Waals surface area contributed by atoms with E-state index in [1.54, 1.807) is 0 Å². The van der Waals surface area contributed by atoms with Crippen molar-refractivity contribution in [2.75, 3.05) is 0 Å². The Morgan fingerprint density at radius 3 is 2.63 bits per heavy atom. The molecule has 1 aromatic carbocycles. The second kappa shape index (κ2) is 5.89. The summed E-state index contributed by atoms with van der Waals surface area (Å²) < 4.78 is 13.5. The number of non-ortho nitro benzene ring substituents is 1. The lowest BCUT2D eigenvalue weighted by molar-refractivity contribution is -0.385. The van der Waals surface area contributed by atoms with Crippen LogP contribution in [0.3, 0.4) is 0 Å². The fourth-order valence-corrected chi connectivity index (χ4v) is 1.42. The monoisotopic (exact) mass is 270 g/mol. The van der Waals surface area contributed by atoms with Gasteiger partial charge in [0.15, 0.2) is 0 Å². The van der Waals surface area contributed by atoms with Crippen molar-refractivity contribution in [2.45, 2.75) is 19.4 Å². The van der Waals surface area contributed by atoms with Crippen molar-refractivity contribution in [1.29, 1.82) is 0 Å². The third-order valence-electron chi connectivity index (χ3n) is 2.27. The third-order valence-corrected chi connectivity index (χ3v) is 2.27. The molecule has 0 heterocycles. The summed E-state index contributed by atoms with van der Waals surface area (Å²) in [5.74, 6) is -2.95. The van der Waals surface area contributed by atoms with Crippen molar-refractivity contribution >= 4 is 17.6 Å². The molecule has 0 aliphatic carbocycles. The maximum Gasteiger partial charge on any atom is 0.305 e. The molecule has 0 saturated carbocycles. The molecule has 0 radical (unpaired) electrons. The van der Waals surface area contributed by atoms with Gasteiger partial charge in [0.05, 0.1) is 23.0 Å². The van der Waals surface area contributed by atoms with Gasteiger partial charge in [0, 0.05) is 12.1 Å². The minimum absolute atomic E-state index is 0.305. The smallest absolute Gasteiger partial charge is 0.305 e. The number of amides is 1. The van der Waals surface area contributed by atoms with Crippen molar-refractivity contribution in [2.24, 2.45) is 0 Å². The highest BCUT2D eigenvalue weighted by atomic mass is 19.1. The van der Waals surface area contributed by atoms with Gasteiger partial charge in [0.25, 0.3) is 11.6 Å². The van der Waals surface area contributed by atoms with Gasteiger partial charge in [-0.25, -0.2) is 4.39 Å². The van der Waals surface area contributed by atoms with Crippen LogP contribution in [0.2, 0.25) is 0 Å². The van der Waals surface area contributed by atoms with E-state index in [0.717, 1.165) is 12.1 Å². The highest BCUT2D eigenvalue weighted by molar-refractivity contribution is 5.95. The van der Waals surface area contributed by atoms with Crippen molar-refractivity contribution in [3.05, 3.63) is 39.7 Å². The zero-order valence-electron chi connectivity index (χ0n) is 9.92. The number of nitrogens with one attached hydrogen (secondary N) is 1. The van der Waals surface area contributed by atoms with E-state index in [-0.39, 0.29) is 12.0 Å². The molecule has 19 heavy (non-hydrogen) atoms. The number of hydrogen-bond donors (Lipinski definition) is 2. The molecule has 1 rings (SSSR count). The number of carboxylic acid groups (broad SMARTS) is 1. The number of carboxylic acids is 1. The number of halogens is 1. The van der Waals surface area contributed by atoms with Crippen LogP contribution in [0.25, 0.3) is 0 Å². The number of hydrogen-bond acceptors (Lipinski definition) is 4. The maximum absolute atomic E-state index is 13.5. The SMILES string of the molecule is CC(CC(=O)O)NC(=O)c1ccc([N+](=O)[O-])cc1F. The second-order valence-electron chi connectivity index (χ2n) is 3.89. The Kier molecular flexibility index (Phi) is 4.51. The van der Waals surface area contributed by atoms with Gasteiger partial charge in [-0.1, -0.05) is 0 Å². The van der Waals surface area contributed by atoms with E-state index < -0.39 is 34.3 Å². The largest absolute Gasteiger partial charge is 0.481 e. The van der Waals surface area contributed by atoms with Crippen LogP contribution in [0.15, 0.2) is 18.2 Å². The lowest BCUT2D eigenvalue weighted by Crippen LogP contribution is -2.34. The van der Waals surface area contributed by atoms with Gasteiger partial charge in [0.2, 0.25) is 0 Å². The van der Waals surface area contributed by atoms with Crippen LogP contribution in [0.4, 0.5) is 10.1 Å². The summed E-state index contributed by atoms with van der Waals surface area (Å²) >= 11 is 0. The van der Waals surface area contributed by atoms with E-state index >= 15 is 0 Å². The van der Waals surface area contributed by atoms with Crippen LogP contribution < -0.4 is 5.32 Å². The summed E-state index contributed by atoms with van der Waals surface area (Å²) in [7, 11) is 0. The topological polar surface area (TPSA) is 110 Å². The average Bonchev–Trinajstić information content (AvgIpc) is 2.26. The highest BCUT2D eigenvalue weighted by Crippen LogP contribution is 2.16. The summed E-state index contributed by atoms with van der Waals surface area (Å²) in [6, 6.07) is 1.94. The first kappa shape index (κ1) is 14.6. The van der Waals surface area contributed by atoms with E-state index in [1.165, 1.54) is 6.92 Å².